The molecule has 0 amide bonds. The fraction of sp³-hybridized carbons (Fsp3) is 0.333. The standard InChI is InChI=1S/4C10H11NS.2CH4/c1-7(2)8-3-5-11-10-9(8)4-6-12-10;1-7(2)9-5-8-3-4-12-10(8)11-6-9;1-7(2)9-4-3-8-5-6-12-10(8)11-9;1-7(2)9-6-12-10-8(9)4-3-5-11-10;;/h4*3-7H,1-2H3;2*1H4. The number of fused-ring (bicyclic) bond motifs is 4. The van der Waals surface area contributed by atoms with Gasteiger partial charge in [0.2, 0.25) is 0 Å². The van der Waals surface area contributed by atoms with Gasteiger partial charge in [0.05, 0.1) is 0 Å². The Morgan fingerprint density at radius 3 is 1.82 bits per heavy atom. The Kier molecular flexibility index (Phi) is 15.7. The molecule has 0 aliphatic rings. The minimum Gasteiger partial charge on any atom is -0.245 e. The summed E-state index contributed by atoms with van der Waals surface area (Å²) in [5.74, 6) is 2.28. The molecule has 0 atom stereocenters. The third kappa shape index (κ3) is 10.3. The van der Waals surface area contributed by atoms with E-state index in [0.29, 0.717) is 23.7 Å². The second kappa shape index (κ2) is 19.2. The van der Waals surface area contributed by atoms with E-state index in [4.69, 9.17) is 0 Å². The Hall–Kier alpha value is -3.56. The van der Waals surface area contributed by atoms with Gasteiger partial charge in [0, 0.05) is 45.8 Å². The third-order valence-electron chi connectivity index (χ3n) is 7.95. The van der Waals surface area contributed by atoms with Crippen LogP contribution in [0.1, 0.15) is 116 Å². The zero-order valence-electron chi connectivity index (χ0n) is 29.0. The topological polar surface area (TPSA) is 51.6 Å². The van der Waals surface area contributed by atoms with Gasteiger partial charge in [-0.25, -0.2) is 19.9 Å². The van der Waals surface area contributed by atoms with Gasteiger partial charge in [-0.2, -0.15) is 0 Å². The first-order valence-corrected chi connectivity index (χ1v) is 20.0. The van der Waals surface area contributed by atoms with Gasteiger partial charge >= 0.3 is 0 Å². The summed E-state index contributed by atoms with van der Waals surface area (Å²) < 4.78 is 0. The maximum absolute atomic E-state index is 4.55. The van der Waals surface area contributed by atoms with Crippen molar-refractivity contribution in [3.8, 4) is 0 Å². The number of hydrogen-bond donors (Lipinski definition) is 0. The molecule has 8 heteroatoms. The number of aromatic nitrogens is 4. The van der Waals surface area contributed by atoms with Gasteiger partial charge < -0.3 is 0 Å². The molecular weight excluding hydrogens is 689 g/mol. The van der Waals surface area contributed by atoms with Crippen LogP contribution in [-0.2, 0) is 0 Å². The van der Waals surface area contributed by atoms with Crippen molar-refractivity contribution in [1.29, 1.82) is 0 Å². The number of nitrogens with zero attached hydrogens (tertiary/aromatic N) is 4. The van der Waals surface area contributed by atoms with Gasteiger partial charge in [0.1, 0.15) is 19.3 Å². The van der Waals surface area contributed by atoms with Crippen LogP contribution >= 0.6 is 45.3 Å². The highest BCUT2D eigenvalue weighted by atomic mass is 32.1. The first kappa shape index (κ1) is 40.9. The predicted molar refractivity (Wildman–Crippen MR) is 228 cm³/mol. The monoisotopic (exact) mass is 740 g/mol. The molecule has 0 N–H and O–H groups in total. The fourth-order valence-electron chi connectivity index (χ4n) is 5.11. The molecule has 8 rings (SSSR count). The van der Waals surface area contributed by atoms with Crippen LogP contribution in [0.25, 0.3) is 40.9 Å². The van der Waals surface area contributed by atoms with Crippen molar-refractivity contribution < 1.29 is 0 Å². The van der Waals surface area contributed by atoms with E-state index in [9.17, 15) is 0 Å². The van der Waals surface area contributed by atoms with Crippen LogP contribution in [-0.4, -0.2) is 19.9 Å². The summed E-state index contributed by atoms with van der Waals surface area (Å²) in [5, 5.41) is 13.6. The zero-order chi connectivity index (χ0) is 34.2. The maximum atomic E-state index is 4.55. The summed E-state index contributed by atoms with van der Waals surface area (Å²) in [6.45, 7) is 17.6. The molecule has 264 valence electrons. The highest BCUT2D eigenvalue weighted by Gasteiger charge is 2.07. The van der Waals surface area contributed by atoms with Crippen molar-refractivity contribution in [2.45, 2.75) is 93.9 Å². The van der Waals surface area contributed by atoms with Crippen LogP contribution in [0.3, 0.4) is 0 Å². The number of thiophene rings is 4. The number of rotatable bonds is 4. The number of pyridine rings is 4. The van der Waals surface area contributed by atoms with E-state index in [0.717, 1.165) is 19.3 Å². The van der Waals surface area contributed by atoms with Crippen LogP contribution in [0.2, 0.25) is 0 Å². The summed E-state index contributed by atoms with van der Waals surface area (Å²) >= 11 is 6.84. The normalized spacial score (nSPS) is 10.8. The summed E-state index contributed by atoms with van der Waals surface area (Å²) in [5.41, 5.74) is 5.33. The van der Waals surface area contributed by atoms with Crippen LogP contribution in [0.4, 0.5) is 0 Å². The Bertz CT molecular complexity index is 2100. The first-order chi connectivity index (χ1) is 23.1. The fourth-order valence-corrected chi connectivity index (χ4v) is 8.44. The molecule has 0 radical (unpaired) electrons. The number of hydrogen-bond acceptors (Lipinski definition) is 8. The smallest absolute Gasteiger partial charge is 0.123 e. The maximum Gasteiger partial charge on any atom is 0.123 e. The second-order valence-corrected chi connectivity index (χ2v) is 16.4. The van der Waals surface area contributed by atoms with Crippen molar-refractivity contribution in [2.75, 3.05) is 0 Å². The molecule has 0 saturated heterocycles. The molecule has 0 bridgehead atoms. The van der Waals surface area contributed by atoms with Crippen LogP contribution < -0.4 is 0 Å². The Labute approximate surface area is 315 Å². The molecule has 4 nitrogen and oxygen atoms in total. The molecule has 0 unspecified atom stereocenters. The van der Waals surface area contributed by atoms with Gasteiger partial charge in [-0.15, -0.1) is 45.3 Å². The molecule has 8 heterocycles. The van der Waals surface area contributed by atoms with E-state index in [1.165, 1.54) is 43.9 Å². The first-order valence-electron chi connectivity index (χ1n) is 16.4. The van der Waals surface area contributed by atoms with Crippen molar-refractivity contribution in [3.05, 3.63) is 117 Å². The Balaban J connectivity index is 0.000000178. The third-order valence-corrected chi connectivity index (χ3v) is 11.3. The van der Waals surface area contributed by atoms with E-state index < -0.39 is 0 Å². The summed E-state index contributed by atoms with van der Waals surface area (Å²) in [4.78, 5) is 22.1. The average Bonchev–Trinajstić information content (AvgIpc) is 3.90. The quantitative estimate of drug-likeness (QED) is 0.180. The minimum absolute atomic E-state index is 0. The van der Waals surface area contributed by atoms with E-state index in [2.05, 4.69) is 145 Å². The molecule has 0 fully saturated rings. The molecule has 8 aromatic rings. The second-order valence-electron chi connectivity index (χ2n) is 12.8. The van der Waals surface area contributed by atoms with Crippen LogP contribution in [0, 0.1) is 0 Å². The zero-order valence-corrected chi connectivity index (χ0v) is 32.2. The molecule has 8 aromatic heterocycles. The average molecular weight is 741 g/mol. The molecule has 0 spiro atoms. The van der Waals surface area contributed by atoms with E-state index in [-0.39, 0.29) is 14.9 Å². The lowest BCUT2D eigenvalue weighted by molar-refractivity contribution is 0.831. The molecule has 0 saturated carbocycles. The van der Waals surface area contributed by atoms with E-state index >= 15 is 0 Å². The highest BCUT2D eigenvalue weighted by molar-refractivity contribution is 7.17. The van der Waals surface area contributed by atoms with Gasteiger partial charge in [0.25, 0.3) is 0 Å². The van der Waals surface area contributed by atoms with Gasteiger partial charge in [-0.05, 0) is 104 Å². The summed E-state index contributed by atoms with van der Waals surface area (Å²) in [6, 6.07) is 19.1. The SMILES string of the molecule is C.C.CC(C)c1ccc2ccsc2n1.CC(C)c1ccnc2sccc12.CC(C)c1cnc2sccc2c1.CC(C)c1csc2ncccc12. The Morgan fingerprint density at radius 2 is 1.12 bits per heavy atom. The van der Waals surface area contributed by atoms with Crippen molar-refractivity contribution >= 4 is 86.2 Å². The molecule has 0 aromatic carbocycles. The lowest BCUT2D eigenvalue weighted by Crippen LogP contribution is -1.90. The molecule has 0 aliphatic heterocycles. The molecule has 0 aliphatic carbocycles. The summed E-state index contributed by atoms with van der Waals surface area (Å²) in [7, 11) is 0. The highest BCUT2D eigenvalue weighted by Crippen LogP contribution is 2.29. The van der Waals surface area contributed by atoms with Crippen LogP contribution in [0.15, 0.2) is 94.7 Å². The molecular formula is C42H52N4S4. The molecule has 50 heavy (non-hydrogen) atoms. The van der Waals surface area contributed by atoms with Crippen molar-refractivity contribution in [3.63, 3.8) is 0 Å². The largest absolute Gasteiger partial charge is 0.245 e. The lowest BCUT2D eigenvalue weighted by Gasteiger charge is -2.05. The lowest BCUT2D eigenvalue weighted by atomic mass is 10.0. The van der Waals surface area contributed by atoms with Gasteiger partial charge in [-0.3, -0.25) is 0 Å². The minimum atomic E-state index is 0. The van der Waals surface area contributed by atoms with Gasteiger partial charge in [0.15, 0.2) is 0 Å². The summed E-state index contributed by atoms with van der Waals surface area (Å²) in [6.07, 6.45) is 5.72. The van der Waals surface area contributed by atoms with Crippen molar-refractivity contribution in [2.24, 2.45) is 0 Å². The predicted octanol–water partition coefficient (Wildman–Crippen LogP) is 15.0. The van der Waals surface area contributed by atoms with E-state index in [1.807, 2.05) is 24.7 Å². The van der Waals surface area contributed by atoms with E-state index in [1.54, 1.807) is 45.3 Å². The Morgan fingerprint density at radius 1 is 0.500 bits per heavy atom. The van der Waals surface area contributed by atoms with Crippen LogP contribution in [0.5, 0.6) is 0 Å². The van der Waals surface area contributed by atoms with Crippen molar-refractivity contribution in [1.82, 2.24) is 19.9 Å². The van der Waals surface area contributed by atoms with Gasteiger partial charge in [-0.1, -0.05) is 82.4 Å².